The fourth-order valence-electron chi connectivity index (χ4n) is 4.31. The normalized spacial score (nSPS) is 13.4. The van der Waals surface area contributed by atoms with Crippen LogP contribution in [0.15, 0.2) is 73.1 Å². The van der Waals surface area contributed by atoms with Crippen molar-refractivity contribution < 1.29 is 9.53 Å². The van der Waals surface area contributed by atoms with Gasteiger partial charge in [-0.25, -0.2) is 4.98 Å². The minimum atomic E-state index is -1.13. The molecule has 0 saturated heterocycles. The van der Waals surface area contributed by atoms with Gasteiger partial charge in [-0.1, -0.05) is 53.5 Å². The molecule has 5 nitrogen and oxygen atoms in total. The monoisotopic (exact) mass is 509 g/mol. The summed E-state index contributed by atoms with van der Waals surface area (Å²) in [5.74, 6) is 0.146. The van der Waals surface area contributed by atoms with Gasteiger partial charge in [0.1, 0.15) is 0 Å². The second kappa shape index (κ2) is 10.3. The van der Waals surface area contributed by atoms with E-state index >= 15 is 0 Å². The van der Waals surface area contributed by atoms with E-state index < -0.39 is 5.60 Å². The van der Waals surface area contributed by atoms with Crippen LogP contribution in [0.2, 0.25) is 10.0 Å². The Balaban J connectivity index is 1.61. The Hall–Kier alpha value is -3.02. The van der Waals surface area contributed by atoms with Gasteiger partial charge >= 0.3 is 0 Å². The summed E-state index contributed by atoms with van der Waals surface area (Å²) in [6, 6.07) is 19.4. The predicted octanol–water partition coefficient (Wildman–Crippen LogP) is 6.57. The molecule has 0 aliphatic heterocycles. The summed E-state index contributed by atoms with van der Waals surface area (Å²) in [5.41, 5.74) is 2.36. The van der Waals surface area contributed by atoms with Gasteiger partial charge in [-0.3, -0.25) is 4.79 Å². The van der Waals surface area contributed by atoms with Crippen LogP contribution in [0.25, 0.3) is 10.9 Å². The lowest BCUT2D eigenvalue weighted by Gasteiger charge is -2.30. The van der Waals surface area contributed by atoms with Gasteiger partial charge in [0.25, 0.3) is 5.91 Å². The first-order valence-corrected chi connectivity index (χ1v) is 12.3. The molecular formula is C28H29Cl2N3O2. The van der Waals surface area contributed by atoms with Crippen LogP contribution in [-0.2, 0) is 18.3 Å². The van der Waals surface area contributed by atoms with E-state index in [1.807, 2.05) is 50.4 Å². The third-order valence-corrected chi connectivity index (χ3v) is 6.74. The van der Waals surface area contributed by atoms with Crippen molar-refractivity contribution in [2.45, 2.75) is 44.8 Å². The van der Waals surface area contributed by atoms with E-state index in [0.29, 0.717) is 15.9 Å². The van der Waals surface area contributed by atoms with Crippen LogP contribution in [0.5, 0.6) is 5.88 Å². The molecule has 0 radical (unpaired) electrons. The number of ether oxygens (including phenoxy) is 1. The lowest BCUT2D eigenvalue weighted by Crippen LogP contribution is -2.51. The summed E-state index contributed by atoms with van der Waals surface area (Å²) in [6.07, 6.45) is 4.40. The maximum Gasteiger partial charge on any atom is 0.263 e. The zero-order chi connectivity index (χ0) is 25.2. The molecule has 2 heterocycles. The summed E-state index contributed by atoms with van der Waals surface area (Å²) in [7, 11) is 2.05. The Bertz CT molecular complexity index is 1310. The van der Waals surface area contributed by atoms with Crippen LogP contribution in [0.1, 0.15) is 37.8 Å². The molecule has 1 N–H and O–H groups in total. The highest BCUT2D eigenvalue weighted by Gasteiger charge is 2.34. The van der Waals surface area contributed by atoms with Crippen LogP contribution >= 0.6 is 23.2 Å². The van der Waals surface area contributed by atoms with E-state index in [4.69, 9.17) is 27.9 Å². The summed E-state index contributed by atoms with van der Waals surface area (Å²) in [6.45, 7) is 5.51. The van der Waals surface area contributed by atoms with Crippen molar-refractivity contribution in [2.75, 3.05) is 0 Å². The number of hydrogen-bond donors (Lipinski definition) is 1. The standard InChI is InChI=1S/C28H29Cl2N3O2/c1-18(32-27(34)28(2,3)35-26-14-13-21(30)16-31-26)23(15-19-9-11-20(29)12-10-19)24-17-33(4)25-8-6-5-7-22(24)25/h5-14,16-18,23H,15H2,1-4H3,(H,32,34). The lowest BCUT2D eigenvalue weighted by molar-refractivity contribution is -0.135. The SMILES string of the molecule is CC(NC(=O)C(C)(C)Oc1ccc(Cl)cn1)C(Cc1ccc(Cl)cc1)c1cn(C)c2ccccc12. The van der Waals surface area contributed by atoms with Crippen LogP contribution in [0.3, 0.4) is 0 Å². The Kier molecular flexibility index (Phi) is 7.39. The molecule has 0 aliphatic rings. The third-order valence-electron chi connectivity index (χ3n) is 6.27. The predicted molar refractivity (Wildman–Crippen MR) is 142 cm³/mol. The number of hydrogen-bond acceptors (Lipinski definition) is 3. The van der Waals surface area contributed by atoms with Gasteiger partial charge < -0.3 is 14.6 Å². The van der Waals surface area contributed by atoms with Crippen molar-refractivity contribution in [3.05, 3.63) is 94.2 Å². The quantitative estimate of drug-likeness (QED) is 0.292. The number of carbonyl (C=O) groups is 1. The van der Waals surface area contributed by atoms with E-state index in [9.17, 15) is 4.79 Å². The molecule has 0 spiro atoms. The first-order valence-electron chi connectivity index (χ1n) is 11.5. The van der Waals surface area contributed by atoms with Crippen molar-refractivity contribution in [2.24, 2.45) is 7.05 Å². The van der Waals surface area contributed by atoms with Crippen molar-refractivity contribution >= 4 is 40.0 Å². The average Bonchev–Trinajstić information content (AvgIpc) is 3.16. The molecule has 0 bridgehead atoms. The topological polar surface area (TPSA) is 56.1 Å². The van der Waals surface area contributed by atoms with Crippen LogP contribution < -0.4 is 10.1 Å². The summed E-state index contributed by atoms with van der Waals surface area (Å²) >= 11 is 12.0. The van der Waals surface area contributed by atoms with Crippen LogP contribution in [-0.4, -0.2) is 27.1 Å². The number of fused-ring (bicyclic) bond motifs is 1. The number of nitrogens with one attached hydrogen (secondary N) is 1. The number of amides is 1. The van der Waals surface area contributed by atoms with Gasteiger partial charge in [-0.2, -0.15) is 0 Å². The molecule has 4 aromatic rings. The number of rotatable bonds is 8. The Morgan fingerprint density at radius 1 is 1.06 bits per heavy atom. The van der Waals surface area contributed by atoms with E-state index in [-0.39, 0.29) is 17.9 Å². The zero-order valence-electron chi connectivity index (χ0n) is 20.3. The average molecular weight is 510 g/mol. The second-order valence-electron chi connectivity index (χ2n) is 9.34. The number of nitrogens with zero attached hydrogens (tertiary/aromatic N) is 2. The van der Waals surface area contributed by atoms with Crippen molar-refractivity contribution in [1.82, 2.24) is 14.9 Å². The van der Waals surface area contributed by atoms with E-state index in [1.165, 1.54) is 17.1 Å². The van der Waals surface area contributed by atoms with Gasteiger partial charge in [-0.05, 0) is 62.6 Å². The van der Waals surface area contributed by atoms with E-state index in [2.05, 4.69) is 33.2 Å². The molecule has 2 atom stereocenters. The maximum absolute atomic E-state index is 13.3. The lowest BCUT2D eigenvalue weighted by atomic mass is 9.86. The van der Waals surface area contributed by atoms with Gasteiger partial charge in [0, 0.05) is 53.4 Å². The molecule has 2 aromatic carbocycles. The van der Waals surface area contributed by atoms with Gasteiger partial charge in [0.2, 0.25) is 5.88 Å². The zero-order valence-corrected chi connectivity index (χ0v) is 21.8. The van der Waals surface area contributed by atoms with Crippen LogP contribution in [0, 0.1) is 0 Å². The molecule has 0 aliphatic carbocycles. The second-order valence-corrected chi connectivity index (χ2v) is 10.2. The number of aromatic nitrogens is 2. The van der Waals surface area contributed by atoms with Crippen molar-refractivity contribution in [1.29, 1.82) is 0 Å². The summed E-state index contributed by atoms with van der Waals surface area (Å²) in [4.78, 5) is 17.5. The molecular weight excluding hydrogens is 481 g/mol. The first kappa shape index (κ1) is 25.1. The number of carbonyl (C=O) groups excluding carboxylic acids is 1. The van der Waals surface area contributed by atoms with Crippen molar-refractivity contribution in [3.63, 3.8) is 0 Å². The largest absolute Gasteiger partial charge is 0.462 e. The molecule has 35 heavy (non-hydrogen) atoms. The number of halogens is 2. The fourth-order valence-corrected chi connectivity index (χ4v) is 4.55. The first-order chi connectivity index (χ1) is 16.6. The molecule has 0 saturated carbocycles. The molecule has 2 unspecified atom stereocenters. The highest BCUT2D eigenvalue weighted by atomic mass is 35.5. The van der Waals surface area contributed by atoms with Crippen molar-refractivity contribution in [3.8, 4) is 5.88 Å². The van der Waals surface area contributed by atoms with Gasteiger partial charge in [0.05, 0.1) is 5.02 Å². The minimum Gasteiger partial charge on any atom is -0.462 e. The minimum absolute atomic E-state index is 0.0238. The Labute approximate surface area is 216 Å². The number of para-hydroxylation sites is 1. The molecule has 1 amide bonds. The Morgan fingerprint density at radius 2 is 1.74 bits per heavy atom. The molecule has 2 aromatic heterocycles. The highest BCUT2D eigenvalue weighted by molar-refractivity contribution is 6.30. The molecule has 0 fully saturated rings. The van der Waals surface area contributed by atoms with Gasteiger partial charge in [0.15, 0.2) is 5.60 Å². The fraction of sp³-hybridized carbons (Fsp3) is 0.286. The summed E-state index contributed by atoms with van der Waals surface area (Å²) < 4.78 is 8.04. The maximum atomic E-state index is 13.3. The Morgan fingerprint density at radius 3 is 2.43 bits per heavy atom. The smallest absolute Gasteiger partial charge is 0.263 e. The molecule has 7 heteroatoms. The number of benzene rings is 2. The van der Waals surface area contributed by atoms with E-state index in [1.54, 1.807) is 26.0 Å². The van der Waals surface area contributed by atoms with Gasteiger partial charge in [-0.15, -0.1) is 0 Å². The number of aryl methyl sites for hydroxylation is 1. The number of pyridine rings is 1. The summed E-state index contributed by atoms with van der Waals surface area (Å²) in [5, 5.41) is 5.59. The third kappa shape index (κ3) is 5.80. The van der Waals surface area contributed by atoms with E-state index in [0.717, 1.165) is 17.5 Å². The molecule has 182 valence electrons. The molecule has 4 rings (SSSR count). The highest BCUT2D eigenvalue weighted by Crippen LogP contribution is 2.33. The van der Waals surface area contributed by atoms with Crippen LogP contribution in [0.4, 0.5) is 0 Å².